The minimum Gasteiger partial charge on any atom is -0.397 e. The molecule has 0 saturated heterocycles. The highest BCUT2D eigenvalue weighted by atomic mass is 19.1. The minimum atomic E-state index is -0.342. The molecule has 0 bridgehead atoms. The maximum atomic E-state index is 13.9. The van der Waals surface area contributed by atoms with Crippen LogP contribution in [0.3, 0.4) is 0 Å². The zero-order valence-electron chi connectivity index (χ0n) is 16.8. The number of nitrogens with two attached hydrogens (primary N) is 1. The predicted octanol–water partition coefficient (Wildman–Crippen LogP) is 4.90. The summed E-state index contributed by atoms with van der Waals surface area (Å²) in [5.74, 6) is 0.532. The van der Waals surface area contributed by atoms with E-state index >= 15 is 0 Å². The van der Waals surface area contributed by atoms with Crippen molar-refractivity contribution in [2.45, 2.75) is 51.0 Å². The van der Waals surface area contributed by atoms with Gasteiger partial charge in [0, 0.05) is 6.42 Å². The van der Waals surface area contributed by atoms with E-state index in [0.717, 1.165) is 42.9 Å². The lowest BCUT2D eigenvalue weighted by Gasteiger charge is -2.18. The lowest BCUT2D eigenvalue weighted by Crippen LogP contribution is -2.13. The summed E-state index contributed by atoms with van der Waals surface area (Å²) in [5, 5.41) is 6.49. The maximum absolute atomic E-state index is 13.9. The van der Waals surface area contributed by atoms with Crippen LogP contribution >= 0.6 is 0 Å². The number of rotatable bonds is 7. The average Bonchev–Trinajstić information content (AvgIpc) is 3.26. The van der Waals surface area contributed by atoms with Crippen molar-refractivity contribution < 1.29 is 9.18 Å². The van der Waals surface area contributed by atoms with Gasteiger partial charge in [-0.15, -0.1) is 0 Å². The first-order valence-electron chi connectivity index (χ1n) is 10.7. The molecule has 2 aromatic carbocycles. The quantitative estimate of drug-likeness (QED) is 0.419. The van der Waals surface area contributed by atoms with Crippen LogP contribution in [0.1, 0.15) is 55.7 Å². The van der Waals surface area contributed by atoms with Crippen LogP contribution in [0, 0.1) is 11.7 Å². The molecule has 1 fully saturated rings. The summed E-state index contributed by atoms with van der Waals surface area (Å²) >= 11 is 0. The molecular formula is C23H26FN5O. The monoisotopic (exact) mass is 407 g/mol. The number of imidazole rings is 1. The van der Waals surface area contributed by atoms with Gasteiger partial charge in [-0.25, -0.2) is 9.37 Å². The number of aromatic nitrogens is 2. The third-order valence-corrected chi connectivity index (χ3v) is 6.24. The maximum Gasteiger partial charge on any atom is 0.224 e. The number of aryl methyl sites for hydroxylation is 1. The van der Waals surface area contributed by atoms with Gasteiger partial charge in [-0.3, -0.25) is 4.79 Å². The zero-order chi connectivity index (χ0) is 20.7. The highest BCUT2D eigenvalue weighted by molar-refractivity contribution is 5.94. The Labute approximate surface area is 174 Å². The fourth-order valence-electron chi connectivity index (χ4n) is 4.41. The number of fused-ring (bicyclic) bond motifs is 2. The fourth-order valence-corrected chi connectivity index (χ4v) is 4.41. The Bertz CT molecular complexity index is 1100. The van der Waals surface area contributed by atoms with Crippen molar-refractivity contribution in [3.8, 4) is 0 Å². The number of carbonyl (C=O) groups excluding carboxylic acids is 1. The Hall–Kier alpha value is -3.09. The number of nitrogens with zero attached hydrogens (tertiary/aromatic N) is 1. The Morgan fingerprint density at radius 2 is 2.10 bits per heavy atom. The van der Waals surface area contributed by atoms with Crippen molar-refractivity contribution in [1.82, 2.24) is 9.97 Å². The van der Waals surface area contributed by atoms with Crippen molar-refractivity contribution in [1.29, 1.82) is 0 Å². The molecule has 0 spiro atoms. The lowest BCUT2D eigenvalue weighted by molar-refractivity contribution is -0.116. The van der Waals surface area contributed by atoms with Crippen LogP contribution in [0.2, 0.25) is 0 Å². The molecule has 1 saturated carbocycles. The van der Waals surface area contributed by atoms with Crippen LogP contribution in [0.4, 0.5) is 21.5 Å². The normalized spacial score (nSPS) is 17.8. The molecule has 6 nitrogen and oxygen atoms in total. The van der Waals surface area contributed by atoms with E-state index in [-0.39, 0.29) is 17.8 Å². The second kappa shape index (κ2) is 7.63. The average molecular weight is 407 g/mol. The highest BCUT2D eigenvalue weighted by Crippen LogP contribution is 2.39. The van der Waals surface area contributed by atoms with Gasteiger partial charge in [0.1, 0.15) is 5.52 Å². The molecule has 156 valence electrons. The molecule has 0 aliphatic heterocycles. The third kappa shape index (κ3) is 3.72. The van der Waals surface area contributed by atoms with Gasteiger partial charge >= 0.3 is 0 Å². The largest absolute Gasteiger partial charge is 0.397 e. The molecule has 3 aromatic rings. The number of H-pyrrole nitrogens is 1. The van der Waals surface area contributed by atoms with Crippen LogP contribution < -0.4 is 16.4 Å². The number of amides is 1. The van der Waals surface area contributed by atoms with E-state index < -0.39 is 0 Å². The molecule has 1 atom stereocenters. The molecule has 2 aliphatic rings. The zero-order valence-corrected chi connectivity index (χ0v) is 16.8. The van der Waals surface area contributed by atoms with Gasteiger partial charge in [-0.05, 0) is 67.0 Å². The summed E-state index contributed by atoms with van der Waals surface area (Å²) in [6.45, 7) is 0. The van der Waals surface area contributed by atoms with E-state index in [1.54, 1.807) is 6.07 Å². The van der Waals surface area contributed by atoms with E-state index in [1.807, 2.05) is 12.1 Å². The van der Waals surface area contributed by atoms with Crippen molar-refractivity contribution in [3.05, 3.63) is 47.5 Å². The van der Waals surface area contributed by atoms with Gasteiger partial charge in [0.05, 0.1) is 34.9 Å². The van der Waals surface area contributed by atoms with Crippen molar-refractivity contribution >= 4 is 34.0 Å². The number of hydrogen-bond donors (Lipinski definition) is 4. The molecule has 1 amide bonds. The number of nitrogens with one attached hydrogen (secondary N) is 3. The first-order chi connectivity index (χ1) is 14.6. The van der Waals surface area contributed by atoms with E-state index in [2.05, 4.69) is 20.6 Å². The van der Waals surface area contributed by atoms with Crippen LogP contribution in [0.5, 0.6) is 0 Å². The first-order valence-corrected chi connectivity index (χ1v) is 10.7. The second-order valence-corrected chi connectivity index (χ2v) is 8.48. The summed E-state index contributed by atoms with van der Waals surface area (Å²) in [7, 11) is 0. The number of anilines is 3. The number of benzene rings is 2. The standard InChI is InChI=1S/C23H26FN5O/c24-16-7-9-19(23-22(16)26-12-27-23)28-18-8-6-14-10-20(17(25)11-15(14)18)29-21(30)3-1-2-13-4-5-13/h7,9-13,18,28H,1-6,8,25H2,(H,26,27)(H,29,30). The number of carbonyl (C=O) groups is 1. The van der Waals surface area contributed by atoms with Gasteiger partial charge in [-0.1, -0.05) is 12.8 Å². The Balaban J connectivity index is 1.30. The summed E-state index contributed by atoms with van der Waals surface area (Å²) in [6, 6.07) is 7.18. The van der Waals surface area contributed by atoms with Crippen LogP contribution in [-0.2, 0) is 11.2 Å². The molecule has 1 aromatic heterocycles. The highest BCUT2D eigenvalue weighted by Gasteiger charge is 2.25. The van der Waals surface area contributed by atoms with Crippen LogP contribution in [0.15, 0.2) is 30.6 Å². The minimum absolute atomic E-state index is 0.0305. The van der Waals surface area contributed by atoms with E-state index in [1.165, 1.54) is 30.8 Å². The van der Waals surface area contributed by atoms with Crippen molar-refractivity contribution in [2.24, 2.45) is 5.92 Å². The molecule has 5 rings (SSSR count). The van der Waals surface area contributed by atoms with Gasteiger partial charge in [0.25, 0.3) is 0 Å². The number of hydrogen-bond acceptors (Lipinski definition) is 4. The van der Waals surface area contributed by atoms with Crippen LogP contribution in [0.25, 0.3) is 11.0 Å². The second-order valence-electron chi connectivity index (χ2n) is 8.48. The predicted molar refractivity (Wildman–Crippen MR) is 117 cm³/mol. The molecule has 7 heteroatoms. The Morgan fingerprint density at radius 3 is 2.93 bits per heavy atom. The molecule has 30 heavy (non-hydrogen) atoms. The van der Waals surface area contributed by atoms with E-state index in [0.29, 0.717) is 28.8 Å². The molecular weight excluding hydrogens is 381 g/mol. The van der Waals surface area contributed by atoms with Gasteiger partial charge in [0.15, 0.2) is 5.82 Å². The molecule has 0 radical (unpaired) electrons. The summed E-state index contributed by atoms with van der Waals surface area (Å²) in [5.41, 5.74) is 11.6. The lowest BCUT2D eigenvalue weighted by atomic mass is 10.0. The molecule has 1 heterocycles. The fraction of sp³-hybridized carbons (Fsp3) is 0.391. The van der Waals surface area contributed by atoms with Crippen molar-refractivity contribution in [2.75, 3.05) is 16.4 Å². The van der Waals surface area contributed by atoms with Crippen LogP contribution in [-0.4, -0.2) is 15.9 Å². The smallest absolute Gasteiger partial charge is 0.224 e. The van der Waals surface area contributed by atoms with Gasteiger partial charge < -0.3 is 21.4 Å². The van der Waals surface area contributed by atoms with Gasteiger partial charge in [-0.2, -0.15) is 0 Å². The molecule has 1 unspecified atom stereocenters. The van der Waals surface area contributed by atoms with Crippen molar-refractivity contribution in [3.63, 3.8) is 0 Å². The number of aromatic amines is 1. The molecule has 5 N–H and O–H groups in total. The van der Waals surface area contributed by atoms with E-state index in [9.17, 15) is 9.18 Å². The third-order valence-electron chi connectivity index (χ3n) is 6.24. The Kier molecular flexibility index (Phi) is 4.81. The van der Waals surface area contributed by atoms with E-state index in [4.69, 9.17) is 5.73 Å². The first kappa shape index (κ1) is 18.9. The Morgan fingerprint density at radius 1 is 1.23 bits per heavy atom. The topological polar surface area (TPSA) is 95.8 Å². The summed E-state index contributed by atoms with van der Waals surface area (Å²) in [6.07, 6.45) is 8.56. The summed E-state index contributed by atoms with van der Waals surface area (Å²) in [4.78, 5) is 19.3. The van der Waals surface area contributed by atoms with Gasteiger partial charge in [0.2, 0.25) is 5.91 Å². The SMILES string of the molecule is Nc1cc2c(cc1NC(=O)CCCC1CC1)CCC2Nc1ccc(F)c2nc[nH]c12. The summed E-state index contributed by atoms with van der Waals surface area (Å²) < 4.78 is 13.9. The number of nitrogen functional groups attached to an aromatic ring is 1. The molecule has 2 aliphatic carbocycles. The number of halogens is 1.